The molecule has 0 radical (unpaired) electrons. The lowest BCUT2D eigenvalue weighted by atomic mass is 10.1. The monoisotopic (exact) mass is 235 g/mol. The first-order valence-corrected chi connectivity index (χ1v) is 6.06. The van der Waals surface area contributed by atoms with Gasteiger partial charge < -0.3 is 9.84 Å². The van der Waals surface area contributed by atoms with Gasteiger partial charge in [0.25, 0.3) is 0 Å². The van der Waals surface area contributed by atoms with Crippen LogP contribution in [0, 0.1) is 5.92 Å². The summed E-state index contributed by atoms with van der Waals surface area (Å²) >= 11 is 0. The molecule has 1 aromatic heterocycles. The molecule has 4 nitrogen and oxygen atoms in total. The summed E-state index contributed by atoms with van der Waals surface area (Å²) in [6, 6.07) is 3.57. The average molecular weight is 235 g/mol. The SMILES string of the molecule is CCCc1ccc(OCC2CC2)nc1C(=O)O. The van der Waals surface area contributed by atoms with Crippen LogP contribution in [0.2, 0.25) is 0 Å². The molecular formula is C13H17NO3. The van der Waals surface area contributed by atoms with Crippen LogP contribution in [0.4, 0.5) is 0 Å². The Morgan fingerprint density at radius 3 is 2.88 bits per heavy atom. The molecule has 0 unspecified atom stereocenters. The smallest absolute Gasteiger partial charge is 0.354 e. The van der Waals surface area contributed by atoms with Crippen LogP contribution >= 0.6 is 0 Å². The van der Waals surface area contributed by atoms with Crippen LogP contribution in [0.5, 0.6) is 5.88 Å². The standard InChI is InChI=1S/C13H17NO3/c1-2-3-10-6-7-11(14-12(10)13(15)16)17-8-9-4-5-9/h6-7,9H,2-5,8H2,1H3,(H,15,16). The number of carboxylic acids is 1. The van der Waals surface area contributed by atoms with Gasteiger partial charge in [-0.05, 0) is 30.7 Å². The van der Waals surface area contributed by atoms with Crippen molar-refractivity contribution in [3.05, 3.63) is 23.4 Å². The molecule has 0 atom stereocenters. The molecule has 0 aromatic carbocycles. The Morgan fingerprint density at radius 1 is 1.53 bits per heavy atom. The second kappa shape index (κ2) is 5.17. The van der Waals surface area contributed by atoms with Gasteiger partial charge in [-0.25, -0.2) is 9.78 Å². The first-order chi connectivity index (χ1) is 8.20. The number of aryl methyl sites for hydroxylation is 1. The third kappa shape index (κ3) is 3.19. The van der Waals surface area contributed by atoms with E-state index in [4.69, 9.17) is 9.84 Å². The maximum absolute atomic E-state index is 11.1. The zero-order valence-corrected chi connectivity index (χ0v) is 9.98. The van der Waals surface area contributed by atoms with Gasteiger partial charge >= 0.3 is 5.97 Å². The maximum Gasteiger partial charge on any atom is 0.354 e. The van der Waals surface area contributed by atoms with Gasteiger partial charge in [0.2, 0.25) is 5.88 Å². The van der Waals surface area contributed by atoms with Crippen LogP contribution < -0.4 is 4.74 Å². The van der Waals surface area contributed by atoms with Gasteiger partial charge in [-0.2, -0.15) is 0 Å². The lowest BCUT2D eigenvalue weighted by Crippen LogP contribution is -2.08. The van der Waals surface area contributed by atoms with E-state index in [1.54, 1.807) is 6.07 Å². The first-order valence-electron chi connectivity index (χ1n) is 6.06. The molecule has 92 valence electrons. The van der Waals surface area contributed by atoms with E-state index in [9.17, 15) is 4.79 Å². The molecule has 4 heteroatoms. The van der Waals surface area contributed by atoms with Gasteiger partial charge in [-0.15, -0.1) is 0 Å². The second-order valence-electron chi connectivity index (χ2n) is 4.47. The maximum atomic E-state index is 11.1. The van der Waals surface area contributed by atoms with E-state index >= 15 is 0 Å². The van der Waals surface area contributed by atoms with Crippen molar-refractivity contribution in [3.63, 3.8) is 0 Å². The number of aromatic carboxylic acids is 1. The van der Waals surface area contributed by atoms with E-state index in [2.05, 4.69) is 4.98 Å². The number of carboxylic acid groups (broad SMARTS) is 1. The van der Waals surface area contributed by atoms with Crippen molar-refractivity contribution in [1.29, 1.82) is 0 Å². The van der Waals surface area contributed by atoms with E-state index in [1.165, 1.54) is 12.8 Å². The predicted molar refractivity (Wildman–Crippen MR) is 63.4 cm³/mol. The van der Waals surface area contributed by atoms with Crippen molar-refractivity contribution in [2.24, 2.45) is 5.92 Å². The Bertz CT molecular complexity index is 413. The van der Waals surface area contributed by atoms with Crippen LogP contribution in [0.25, 0.3) is 0 Å². The van der Waals surface area contributed by atoms with Gasteiger partial charge in [0.15, 0.2) is 5.69 Å². The highest BCUT2D eigenvalue weighted by Gasteiger charge is 2.22. The summed E-state index contributed by atoms with van der Waals surface area (Å²) in [5.74, 6) is 0.0832. The molecule has 0 bridgehead atoms. The summed E-state index contributed by atoms with van der Waals surface area (Å²) in [6.45, 7) is 2.67. The van der Waals surface area contributed by atoms with Crippen molar-refractivity contribution in [2.75, 3.05) is 6.61 Å². The van der Waals surface area contributed by atoms with E-state index in [0.717, 1.165) is 18.4 Å². The summed E-state index contributed by atoms with van der Waals surface area (Å²) < 4.78 is 5.48. The quantitative estimate of drug-likeness (QED) is 0.823. The van der Waals surface area contributed by atoms with E-state index in [-0.39, 0.29) is 5.69 Å². The van der Waals surface area contributed by atoms with E-state index < -0.39 is 5.97 Å². The summed E-state index contributed by atoms with van der Waals surface area (Å²) in [5.41, 5.74) is 0.902. The molecule has 1 aromatic rings. The fourth-order valence-electron chi connectivity index (χ4n) is 1.69. The highest BCUT2D eigenvalue weighted by molar-refractivity contribution is 5.87. The molecule has 17 heavy (non-hydrogen) atoms. The van der Waals surface area contributed by atoms with Crippen LogP contribution in [0.1, 0.15) is 42.2 Å². The highest BCUT2D eigenvalue weighted by atomic mass is 16.5. The van der Waals surface area contributed by atoms with Crippen molar-refractivity contribution in [1.82, 2.24) is 4.98 Å². The molecular weight excluding hydrogens is 218 g/mol. The summed E-state index contributed by atoms with van der Waals surface area (Å²) in [6.07, 6.45) is 4.06. The molecule has 1 fully saturated rings. The first kappa shape index (κ1) is 11.9. The molecule has 1 aliphatic rings. The van der Waals surface area contributed by atoms with Gasteiger partial charge in [0, 0.05) is 6.07 Å². The van der Waals surface area contributed by atoms with Crippen LogP contribution in [-0.2, 0) is 6.42 Å². The number of aromatic nitrogens is 1. The zero-order valence-electron chi connectivity index (χ0n) is 9.98. The number of rotatable bonds is 6. The number of hydrogen-bond donors (Lipinski definition) is 1. The summed E-state index contributed by atoms with van der Waals surface area (Å²) in [5, 5.41) is 9.09. The zero-order chi connectivity index (χ0) is 12.3. The Labute approximate surface area is 101 Å². The Hall–Kier alpha value is -1.58. The van der Waals surface area contributed by atoms with Crippen LogP contribution in [-0.4, -0.2) is 22.7 Å². The van der Waals surface area contributed by atoms with Gasteiger partial charge in [-0.1, -0.05) is 19.4 Å². The highest BCUT2D eigenvalue weighted by Crippen LogP contribution is 2.29. The topological polar surface area (TPSA) is 59.4 Å². The largest absolute Gasteiger partial charge is 0.477 e. The molecule has 1 saturated carbocycles. The van der Waals surface area contributed by atoms with Gasteiger partial charge in [0.05, 0.1) is 6.61 Å². The second-order valence-corrected chi connectivity index (χ2v) is 4.47. The molecule has 2 rings (SSSR count). The molecule has 1 heterocycles. The number of nitrogens with zero attached hydrogens (tertiary/aromatic N) is 1. The van der Waals surface area contributed by atoms with E-state index in [1.807, 2.05) is 13.0 Å². The third-order valence-corrected chi connectivity index (χ3v) is 2.84. The molecule has 0 saturated heterocycles. The molecule has 0 aliphatic heterocycles. The lowest BCUT2D eigenvalue weighted by molar-refractivity contribution is 0.0687. The predicted octanol–water partition coefficient (Wildman–Crippen LogP) is 2.52. The van der Waals surface area contributed by atoms with Crippen LogP contribution in [0.3, 0.4) is 0 Å². The molecule has 1 aliphatic carbocycles. The van der Waals surface area contributed by atoms with Crippen molar-refractivity contribution >= 4 is 5.97 Å². The number of carbonyl (C=O) groups is 1. The van der Waals surface area contributed by atoms with Crippen molar-refractivity contribution < 1.29 is 14.6 Å². The summed E-state index contributed by atoms with van der Waals surface area (Å²) in [4.78, 5) is 15.2. The molecule has 0 spiro atoms. The number of ether oxygens (including phenoxy) is 1. The fourth-order valence-corrected chi connectivity index (χ4v) is 1.69. The molecule has 1 N–H and O–H groups in total. The van der Waals surface area contributed by atoms with Gasteiger partial charge in [-0.3, -0.25) is 0 Å². The minimum absolute atomic E-state index is 0.125. The minimum Gasteiger partial charge on any atom is -0.477 e. The van der Waals surface area contributed by atoms with Crippen molar-refractivity contribution in [3.8, 4) is 5.88 Å². The summed E-state index contributed by atoms with van der Waals surface area (Å²) in [7, 11) is 0. The van der Waals surface area contributed by atoms with Gasteiger partial charge in [0.1, 0.15) is 0 Å². The Kier molecular flexibility index (Phi) is 3.61. The third-order valence-electron chi connectivity index (χ3n) is 2.84. The fraction of sp³-hybridized carbons (Fsp3) is 0.538. The normalized spacial score (nSPS) is 14.6. The van der Waals surface area contributed by atoms with Crippen molar-refractivity contribution in [2.45, 2.75) is 32.6 Å². The van der Waals surface area contributed by atoms with E-state index in [0.29, 0.717) is 18.4 Å². The average Bonchev–Trinajstić information content (AvgIpc) is 3.11. The molecule has 0 amide bonds. The minimum atomic E-state index is -0.981. The Balaban J connectivity index is 2.11. The Morgan fingerprint density at radius 2 is 2.29 bits per heavy atom. The number of hydrogen-bond acceptors (Lipinski definition) is 3. The lowest BCUT2D eigenvalue weighted by Gasteiger charge is -2.08. The van der Waals surface area contributed by atoms with Crippen LogP contribution in [0.15, 0.2) is 12.1 Å². The number of pyridine rings is 1.